The molecule has 30 heavy (non-hydrogen) atoms. The summed E-state index contributed by atoms with van der Waals surface area (Å²) in [5.74, 6) is -0.932. The Labute approximate surface area is 176 Å². The number of benzene rings is 2. The van der Waals surface area contributed by atoms with E-state index >= 15 is 0 Å². The second kappa shape index (κ2) is 8.64. The van der Waals surface area contributed by atoms with Gasteiger partial charge in [0, 0.05) is 12.1 Å². The van der Waals surface area contributed by atoms with Gasteiger partial charge in [0.2, 0.25) is 0 Å². The predicted octanol–water partition coefficient (Wildman–Crippen LogP) is 5.18. The third kappa shape index (κ3) is 5.65. The summed E-state index contributed by atoms with van der Waals surface area (Å²) < 4.78 is 46.6. The predicted molar refractivity (Wildman–Crippen MR) is 102 cm³/mol. The highest BCUT2D eigenvalue weighted by molar-refractivity contribution is 6.42. The van der Waals surface area contributed by atoms with Crippen molar-refractivity contribution in [1.82, 2.24) is 5.10 Å². The summed E-state index contributed by atoms with van der Waals surface area (Å²) in [4.78, 5) is 23.7. The number of ether oxygens (including phenoxy) is 2. The van der Waals surface area contributed by atoms with E-state index in [9.17, 15) is 22.9 Å². The molecule has 0 radical (unpaired) electrons. The van der Waals surface area contributed by atoms with Gasteiger partial charge in [0.25, 0.3) is 12.1 Å². The molecule has 7 nitrogen and oxygen atoms in total. The van der Waals surface area contributed by atoms with Gasteiger partial charge in [-0.15, -0.1) is 18.3 Å². The van der Waals surface area contributed by atoms with Crippen molar-refractivity contribution in [3.8, 4) is 17.2 Å². The highest BCUT2D eigenvalue weighted by Crippen LogP contribution is 2.35. The molecular formula is C18H11Cl2F3N3O4+. The number of anilines is 1. The topological polar surface area (TPSA) is 86.3 Å². The zero-order valence-corrected chi connectivity index (χ0v) is 16.2. The van der Waals surface area contributed by atoms with Crippen LogP contribution in [-0.2, 0) is 0 Å². The number of aromatic nitrogens is 2. The molecule has 0 spiro atoms. The Balaban J connectivity index is 1.85. The molecular weight excluding hydrogens is 450 g/mol. The van der Waals surface area contributed by atoms with E-state index in [0.29, 0.717) is 4.54 Å². The summed E-state index contributed by atoms with van der Waals surface area (Å²) in [6, 6.07) is 8.49. The fourth-order valence-corrected chi connectivity index (χ4v) is 2.59. The quantitative estimate of drug-likeness (QED) is 0.513. The Morgan fingerprint density at radius 1 is 1.03 bits per heavy atom. The van der Waals surface area contributed by atoms with Crippen molar-refractivity contribution in [3.63, 3.8) is 0 Å². The summed E-state index contributed by atoms with van der Waals surface area (Å²) in [5, 5.41) is 5.05. The molecule has 0 bridgehead atoms. The van der Waals surface area contributed by atoms with E-state index < -0.39 is 18.0 Å². The van der Waals surface area contributed by atoms with Crippen LogP contribution in [0.2, 0.25) is 10.0 Å². The van der Waals surface area contributed by atoms with Crippen LogP contribution in [0.1, 0.15) is 10.4 Å². The van der Waals surface area contributed by atoms with Gasteiger partial charge in [0.15, 0.2) is 4.54 Å². The summed E-state index contributed by atoms with van der Waals surface area (Å²) in [6.07, 6.45) is -2.41. The van der Waals surface area contributed by atoms with Gasteiger partial charge in [-0.25, -0.2) is 0 Å². The van der Waals surface area contributed by atoms with Crippen molar-refractivity contribution in [2.45, 2.75) is 6.36 Å². The highest BCUT2D eigenvalue weighted by Gasteiger charge is 2.31. The Morgan fingerprint density at radius 3 is 2.27 bits per heavy atom. The second-order valence-corrected chi connectivity index (χ2v) is 6.52. The smallest absolute Gasteiger partial charge is 0.456 e. The van der Waals surface area contributed by atoms with Crippen LogP contribution in [0.4, 0.5) is 18.9 Å². The van der Waals surface area contributed by atoms with Crippen LogP contribution in [0, 0.1) is 4.91 Å². The number of hydrogen-bond donors (Lipinski definition) is 2. The van der Waals surface area contributed by atoms with Gasteiger partial charge in [-0.2, -0.15) is 0 Å². The Kier molecular flexibility index (Phi) is 6.18. The van der Waals surface area contributed by atoms with Crippen molar-refractivity contribution in [3.05, 3.63) is 75.4 Å². The third-order valence-corrected chi connectivity index (χ3v) is 4.27. The number of alkyl halides is 3. The monoisotopic (exact) mass is 460 g/mol. The van der Waals surface area contributed by atoms with Crippen LogP contribution >= 0.6 is 23.2 Å². The second-order valence-electron chi connectivity index (χ2n) is 5.71. The maximum Gasteiger partial charge on any atom is 0.573 e. The van der Waals surface area contributed by atoms with Crippen LogP contribution < -0.4 is 19.3 Å². The fraction of sp³-hybridized carbons (Fsp3) is 0.0556. The molecule has 2 aromatic carbocycles. The number of H-pyrrole nitrogens is 1. The fourth-order valence-electron chi connectivity index (χ4n) is 2.28. The molecule has 1 amide bonds. The molecule has 0 aliphatic carbocycles. The molecule has 0 unspecified atom stereocenters. The first-order valence-electron chi connectivity index (χ1n) is 8.06. The van der Waals surface area contributed by atoms with E-state index in [0.717, 1.165) is 18.3 Å². The van der Waals surface area contributed by atoms with Gasteiger partial charge in [0.1, 0.15) is 17.2 Å². The minimum Gasteiger partial charge on any atom is -0.456 e. The first-order chi connectivity index (χ1) is 14.1. The number of rotatable bonds is 5. The average molecular weight is 461 g/mol. The molecule has 1 heterocycles. The van der Waals surface area contributed by atoms with Crippen molar-refractivity contribution < 1.29 is 32.0 Å². The van der Waals surface area contributed by atoms with Crippen molar-refractivity contribution in [1.29, 1.82) is 0 Å². The summed E-state index contributed by atoms with van der Waals surface area (Å²) in [7, 11) is 0. The van der Waals surface area contributed by atoms with Crippen LogP contribution in [0.5, 0.6) is 17.2 Å². The first kappa shape index (κ1) is 21.5. The highest BCUT2D eigenvalue weighted by atomic mass is 35.5. The van der Waals surface area contributed by atoms with Crippen molar-refractivity contribution >= 4 is 34.8 Å². The number of carbonyl (C=O) groups excluding carboxylic acids is 1. The van der Waals surface area contributed by atoms with Gasteiger partial charge in [0.05, 0.1) is 32.4 Å². The van der Waals surface area contributed by atoms with Gasteiger partial charge in [-0.1, -0.05) is 23.2 Å². The molecule has 1 aromatic heterocycles. The molecule has 12 heteroatoms. The number of hydrogen-bond acceptors (Lipinski definition) is 4. The SMILES string of the molecule is O=C(Nc1cc[n+](=O)[nH]c1)c1cc(Cl)c(Cl)cc1Oc1ccc(OC(F)(F)F)cc1. The van der Waals surface area contributed by atoms with E-state index in [4.69, 9.17) is 27.9 Å². The Bertz CT molecular complexity index is 1110. The van der Waals surface area contributed by atoms with Crippen LogP contribution in [0.3, 0.4) is 0 Å². The number of nitrogens with zero attached hydrogens (tertiary/aromatic N) is 1. The van der Waals surface area contributed by atoms with Gasteiger partial charge in [-0.05, 0) is 30.3 Å². The Hall–Kier alpha value is -3.24. The third-order valence-electron chi connectivity index (χ3n) is 3.55. The lowest BCUT2D eigenvalue weighted by atomic mass is 10.1. The molecule has 156 valence electrons. The molecule has 0 saturated carbocycles. The van der Waals surface area contributed by atoms with Gasteiger partial charge in [-0.3, -0.25) is 4.79 Å². The number of carbonyl (C=O) groups is 1. The molecule has 0 aliphatic rings. The van der Waals surface area contributed by atoms with E-state index in [1.807, 2.05) is 0 Å². The van der Waals surface area contributed by atoms with E-state index in [1.165, 1.54) is 36.5 Å². The number of aromatic amines is 1. The molecule has 0 saturated heterocycles. The lowest BCUT2D eigenvalue weighted by Gasteiger charge is -2.13. The molecule has 0 aliphatic heterocycles. The van der Waals surface area contributed by atoms with Crippen LogP contribution in [0.25, 0.3) is 0 Å². The summed E-state index contributed by atoms with van der Waals surface area (Å²) in [6.45, 7) is 0. The van der Waals surface area contributed by atoms with E-state index in [1.54, 1.807) is 0 Å². The average Bonchev–Trinajstić information content (AvgIpc) is 2.66. The number of nitrogens with one attached hydrogen (secondary N) is 2. The summed E-state index contributed by atoms with van der Waals surface area (Å²) >= 11 is 12.0. The zero-order chi connectivity index (χ0) is 21.9. The zero-order valence-electron chi connectivity index (χ0n) is 14.7. The summed E-state index contributed by atoms with van der Waals surface area (Å²) in [5.41, 5.74) is 0.289. The first-order valence-corrected chi connectivity index (χ1v) is 8.81. The normalized spacial score (nSPS) is 11.1. The molecule has 0 fully saturated rings. The standard InChI is InChI=1S/C18H10Cl2F3N3O4/c19-14-7-13(17(27)25-10-5-6-26(28)24-9-10)16(8-15(14)20)29-11-1-3-12(4-2-11)30-18(21,22)23/h1-9H,(H-,24,25,27,28)/p+1. The largest absolute Gasteiger partial charge is 0.573 e. The minimum atomic E-state index is -4.82. The maximum atomic E-state index is 12.6. The molecule has 3 aromatic rings. The van der Waals surface area contributed by atoms with Crippen LogP contribution in [-0.4, -0.2) is 17.4 Å². The molecule has 2 N–H and O–H groups in total. The maximum absolute atomic E-state index is 12.6. The minimum absolute atomic E-state index is 0.00105. The van der Waals surface area contributed by atoms with Gasteiger partial charge < -0.3 is 14.8 Å². The van der Waals surface area contributed by atoms with E-state index in [2.05, 4.69) is 15.2 Å². The van der Waals surface area contributed by atoms with E-state index in [-0.39, 0.29) is 32.8 Å². The van der Waals surface area contributed by atoms with Gasteiger partial charge >= 0.3 is 6.36 Å². The number of amides is 1. The van der Waals surface area contributed by atoms with Crippen molar-refractivity contribution in [2.24, 2.45) is 0 Å². The molecule has 3 rings (SSSR count). The Morgan fingerprint density at radius 2 is 1.67 bits per heavy atom. The number of halogens is 5. The lowest BCUT2D eigenvalue weighted by Crippen LogP contribution is -2.19. The lowest BCUT2D eigenvalue weighted by molar-refractivity contribution is -0.564. The van der Waals surface area contributed by atoms with Crippen LogP contribution in [0.15, 0.2) is 54.9 Å². The van der Waals surface area contributed by atoms with Crippen molar-refractivity contribution in [2.75, 3.05) is 5.32 Å². The molecule has 0 atom stereocenters.